The summed E-state index contributed by atoms with van der Waals surface area (Å²) in [5.41, 5.74) is 6.50. The molecule has 0 unspecified atom stereocenters. The van der Waals surface area contributed by atoms with Crippen molar-refractivity contribution in [2.75, 3.05) is 53.3 Å². The van der Waals surface area contributed by atoms with Crippen molar-refractivity contribution in [3.63, 3.8) is 0 Å². The molecule has 0 bridgehead atoms. The molecule has 0 fully saturated rings. The molecule has 4 N–H and O–H groups in total. The first-order valence-corrected chi connectivity index (χ1v) is 8.04. The Labute approximate surface area is 126 Å². The van der Waals surface area contributed by atoms with E-state index in [9.17, 15) is 0 Å². The molecule has 0 saturated heterocycles. The molecule has 0 aliphatic carbocycles. The summed E-state index contributed by atoms with van der Waals surface area (Å²) >= 11 is 3.88. The number of nitrogens with two attached hydrogens (primary N) is 1. The molecule has 18 heavy (non-hydrogen) atoms. The Morgan fingerprint density at radius 2 is 2.22 bits per heavy atom. The summed E-state index contributed by atoms with van der Waals surface area (Å²) in [5, 5.41) is 3.27. The minimum Gasteiger partial charge on any atom is -0.382 e. The Balaban J connectivity index is 2.41. The zero-order valence-corrected chi connectivity index (χ0v) is 13.6. The molecule has 1 heterocycles. The molecule has 1 rings (SSSR count). The summed E-state index contributed by atoms with van der Waals surface area (Å²) in [7, 11) is 2.11. The van der Waals surface area contributed by atoms with Crippen LogP contribution in [0.5, 0.6) is 0 Å². The molecule has 0 spiro atoms. The molecule has 0 amide bonds. The average Bonchev–Trinajstić information content (AvgIpc) is 2.36. The minimum absolute atomic E-state index is 0.456. The van der Waals surface area contributed by atoms with Crippen LogP contribution in [0.3, 0.4) is 0 Å². The van der Waals surface area contributed by atoms with Crippen molar-refractivity contribution in [3.05, 3.63) is 6.33 Å². The maximum Gasteiger partial charge on any atom is 0.155 e. The van der Waals surface area contributed by atoms with E-state index in [1.54, 1.807) is 0 Å². The van der Waals surface area contributed by atoms with Gasteiger partial charge in [-0.05, 0) is 13.3 Å². The Bertz CT molecular complexity index is 364. The minimum atomic E-state index is 0.456. The maximum atomic E-state index is 5.76. The van der Waals surface area contributed by atoms with Crippen LogP contribution >= 0.6 is 34.6 Å². The van der Waals surface area contributed by atoms with Gasteiger partial charge in [-0.2, -0.15) is 11.8 Å². The molecule has 1 aromatic rings. The summed E-state index contributed by atoms with van der Waals surface area (Å²) in [6.45, 7) is 2.88. The number of nitrogens with zero attached hydrogens (tertiary/aromatic N) is 3. The van der Waals surface area contributed by atoms with Crippen LogP contribution in [-0.2, 0) is 0 Å². The highest BCUT2D eigenvalue weighted by molar-refractivity contribution is 14.1. The highest BCUT2D eigenvalue weighted by Crippen LogP contribution is 2.24. The standard InChI is InChI=1S/C10H19IN6S/c1-17(5-6-18-2)4-3-13-10-8(16-11)9(12)14-7-15-10/h7,16H,3-6H2,1-2H3,(H3,12,13,14,15). The van der Waals surface area contributed by atoms with Gasteiger partial charge in [0.05, 0.1) is 22.9 Å². The van der Waals surface area contributed by atoms with E-state index in [0.29, 0.717) is 5.82 Å². The van der Waals surface area contributed by atoms with E-state index in [4.69, 9.17) is 5.73 Å². The molecular formula is C10H19IN6S. The normalized spacial score (nSPS) is 10.7. The summed E-state index contributed by atoms with van der Waals surface area (Å²) in [6, 6.07) is 0. The molecule has 0 aromatic carbocycles. The highest BCUT2D eigenvalue weighted by atomic mass is 127. The summed E-state index contributed by atoms with van der Waals surface area (Å²) in [6.07, 6.45) is 3.58. The van der Waals surface area contributed by atoms with Gasteiger partial charge >= 0.3 is 0 Å². The van der Waals surface area contributed by atoms with Crippen LogP contribution in [0.2, 0.25) is 0 Å². The van der Waals surface area contributed by atoms with Gasteiger partial charge in [0.25, 0.3) is 0 Å². The number of nitrogens with one attached hydrogen (secondary N) is 2. The molecular weight excluding hydrogens is 363 g/mol. The molecule has 0 aliphatic rings. The van der Waals surface area contributed by atoms with Gasteiger partial charge in [-0.15, -0.1) is 0 Å². The van der Waals surface area contributed by atoms with Gasteiger partial charge < -0.3 is 19.5 Å². The fourth-order valence-electron chi connectivity index (χ4n) is 1.35. The number of hydrogen-bond acceptors (Lipinski definition) is 7. The van der Waals surface area contributed by atoms with E-state index in [2.05, 4.69) is 37.0 Å². The third-order valence-corrected chi connectivity index (χ3v) is 3.56. The second-order valence-electron chi connectivity index (χ2n) is 3.80. The topological polar surface area (TPSA) is 79.1 Å². The van der Waals surface area contributed by atoms with Gasteiger partial charge in [0.2, 0.25) is 0 Å². The molecule has 102 valence electrons. The molecule has 0 radical (unpaired) electrons. The Kier molecular flexibility index (Phi) is 7.44. The zero-order chi connectivity index (χ0) is 13.4. The lowest BCUT2D eigenvalue weighted by atomic mass is 10.4. The predicted molar refractivity (Wildman–Crippen MR) is 88.5 cm³/mol. The lowest BCUT2D eigenvalue weighted by Crippen LogP contribution is -2.27. The average molecular weight is 382 g/mol. The number of aromatic nitrogens is 2. The smallest absolute Gasteiger partial charge is 0.155 e. The fourth-order valence-corrected chi connectivity index (χ4v) is 2.38. The second kappa shape index (κ2) is 8.59. The van der Waals surface area contributed by atoms with Gasteiger partial charge in [0.15, 0.2) is 11.6 Å². The van der Waals surface area contributed by atoms with Gasteiger partial charge in [-0.25, -0.2) is 9.97 Å². The Hall–Kier alpha value is -0.480. The second-order valence-corrected chi connectivity index (χ2v) is 5.32. The van der Waals surface area contributed by atoms with Gasteiger partial charge in [-0.3, -0.25) is 0 Å². The van der Waals surface area contributed by atoms with Crippen LogP contribution in [0.4, 0.5) is 17.3 Å². The molecule has 0 aliphatic heterocycles. The lowest BCUT2D eigenvalue weighted by molar-refractivity contribution is 0.370. The van der Waals surface area contributed by atoms with Crippen molar-refractivity contribution in [2.45, 2.75) is 0 Å². The number of thioether (sulfide) groups is 1. The molecule has 0 saturated carbocycles. The van der Waals surface area contributed by atoms with E-state index >= 15 is 0 Å². The van der Waals surface area contributed by atoms with E-state index < -0.39 is 0 Å². The third-order valence-electron chi connectivity index (χ3n) is 2.43. The first-order valence-electron chi connectivity index (χ1n) is 5.57. The quantitative estimate of drug-likeness (QED) is 0.465. The summed E-state index contributed by atoms with van der Waals surface area (Å²) in [5.74, 6) is 2.35. The first kappa shape index (κ1) is 15.6. The Morgan fingerprint density at radius 3 is 2.89 bits per heavy atom. The molecule has 8 heteroatoms. The van der Waals surface area contributed by atoms with E-state index in [-0.39, 0.29) is 0 Å². The van der Waals surface area contributed by atoms with Gasteiger partial charge in [-0.1, -0.05) is 0 Å². The van der Waals surface area contributed by atoms with Crippen molar-refractivity contribution in [1.29, 1.82) is 0 Å². The highest BCUT2D eigenvalue weighted by Gasteiger charge is 2.07. The number of anilines is 3. The van der Waals surface area contributed by atoms with Gasteiger partial charge in [0.1, 0.15) is 12.0 Å². The maximum absolute atomic E-state index is 5.76. The molecule has 0 atom stereocenters. The SMILES string of the molecule is CSCCN(C)CCNc1ncnc(N)c1NI. The molecule has 6 nitrogen and oxygen atoms in total. The summed E-state index contributed by atoms with van der Waals surface area (Å²) in [4.78, 5) is 10.4. The van der Waals surface area contributed by atoms with Crippen molar-refractivity contribution in [1.82, 2.24) is 14.9 Å². The third kappa shape index (κ3) is 5.02. The number of likely N-dealkylation sites (N-methyl/N-ethyl adjacent to an activating group) is 1. The van der Waals surface area contributed by atoms with Crippen molar-refractivity contribution in [3.8, 4) is 0 Å². The van der Waals surface area contributed by atoms with Crippen LogP contribution in [0.1, 0.15) is 0 Å². The number of rotatable bonds is 8. The van der Waals surface area contributed by atoms with Crippen molar-refractivity contribution < 1.29 is 0 Å². The Morgan fingerprint density at radius 1 is 1.44 bits per heavy atom. The van der Waals surface area contributed by atoms with Crippen LogP contribution in [0.25, 0.3) is 0 Å². The zero-order valence-electron chi connectivity index (χ0n) is 10.6. The molecule has 1 aromatic heterocycles. The fraction of sp³-hybridized carbons (Fsp3) is 0.600. The summed E-state index contributed by atoms with van der Waals surface area (Å²) < 4.78 is 2.98. The van der Waals surface area contributed by atoms with Crippen LogP contribution in [-0.4, -0.2) is 53.6 Å². The number of nitrogen functional groups attached to an aromatic ring is 1. The van der Waals surface area contributed by atoms with Crippen LogP contribution in [0, 0.1) is 0 Å². The van der Waals surface area contributed by atoms with E-state index in [0.717, 1.165) is 36.9 Å². The van der Waals surface area contributed by atoms with Crippen molar-refractivity contribution >= 4 is 51.9 Å². The van der Waals surface area contributed by atoms with E-state index in [1.165, 1.54) is 6.33 Å². The number of hydrogen-bond donors (Lipinski definition) is 3. The van der Waals surface area contributed by atoms with Gasteiger partial charge in [0, 0.05) is 25.4 Å². The first-order chi connectivity index (χ1) is 8.69. The number of halogens is 1. The predicted octanol–water partition coefficient (Wildman–Crippen LogP) is 1.53. The largest absolute Gasteiger partial charge is 0.382 e. The van der Waals surface area contributed by atoms with Crippen molar-refractivity contribution in [2.24, 2.45) is 0 Å². The van der Waals surface area contributed by atoms with E-state index in [1.807, 2.05) is 34.6 Å². The monoisotopic (exact) mass is 382 g/mol. The van der Waals surface area contributed by atoms with Crippen LogP contribution < -0.4 is 14.6 Å². The van der Waals surface area contributed by atoms with Crippen LogP contribution in [0.15, 0.2) is 6.33 Å². The lowest BCUT2D eigenvalue weighted by Gasteiger charge is -2.17.